The Morgan fingerprint density at radius 1 is 1.38 bits per heavy atom. The van der Waals surface area contributed by atoms with Crippen LogP contribution in [-0.4, -0.2) is 11.0 Å². The van der Waals surface area contributed by atoms with Crippen molar-refractivity contribution in [1.29, 1.82) is 0 Å². The summed E-state index contributed by atoms with van der Waals surface area (Å²) in [6.45, 7) is 10.2. The third-order valence-electron chi connectivity index (χ3n) is 2.65. The van der Waals surface area contributed by atoms with Crippen molar-refractivity contribution in [3.8, 4) is 0 Å². The second kappa shape index (κ2) is 4.10. The number of aliphatic imine (C=N–C) groups is 1. The number of hydrogen-bond acceptors (Lipinski definition) is 2. The first-order chi connectivity index (χ1) is 7.33. The zero-order valence-corrected chi connectivity index (χ0v) is 12.6. The topological polar surface area (TPSA) is 12.4 Å². The molecule has 1 atom stereocenters. The van der Waals surface area contributed by atoms with Gasteiger partial charge in [-0.15, -0.1) is 11.3 Å². The van der Waals surface area contributed by atoms with Crippen molar-refractivity contribution in [3.05, 3.63) is 31.7 Å². The molecule has 0 aromatic carbocycles. The van der Waals surface area contributed by atoms with E-state index < -0.39 is 0 Å². The minimum absolute atomic E-state index is 0.150. The minimum Gasteiger partial charge on any atom is -0.273 e. The molecule has 5 heteroatoms. The first-order valence-corrected chi connectivity index (χ1v) is 7.41. The summed E-state index contributed by atoms with van der Waals surface area (Å²) < 4.78 is 0.650. The van der Waals surface area contributed by atoms with Crippen LogP contribution in [0, 0.1) is 6.92 Å². The van der Waals surface area contributed by atoms with Crippen LogP contribution in [0.3, 0.4) is 0 Å². The minimum atomic E-state index is -0.150. The maximum Gasteiger partial charge on any atom is 0.112 e. The van der Waals surface area contributed by atoms with Gasteiger partial charge < -0.3 is 0 Å². The molecule has 0 fully saturated rings. The Hall–Kier alpha value is 0.120. The van der Waals surface area contributed by atoms with Gasteiger partial charge in [0.25, 0.3) is 0 Å². The first-order valence-electron chi connectivity index (χ1n) is 4.84. The molecule has 0 radical (unpaired) electrons. The van der Waals surface area contributed by atoms with Crippen molar-refractivity contribution in [2.75, 3.05) is 0 Å². The highest BCUT2D eigenvalue weighted by molar-refractivity contribution is 7.65. The lowest BCUT2D eigenvalue weighted by Crippen LogP contribution is -2.12. The fraction of sp³-hybridized carbons (Fsp3) is 0.364. The molecule has 0 N–H and O–H groups in total. The molecular formula is C11H12Cl2NPS. The molecule has 1 aromatic heterocycles. The smallest absolute Gasteiger partial charge is 0.112 e. The van der Waals surface area contributed by atoms with E-state index in [9.17, 15) is 0 Å². The van der Waals surface area contributed by atoms with Crippen LogP contribution < -0.4 is 0 Å². The van der Waals surface area contributed by atoms with Gasteiger partial charge in [-0.2, -0.15) is 0 Å². The Balaban J connectivity index is 2.48. The first kappa shape index (κ1) is 12.6. The van der Waals surface area contributed by atoms with Crippen molar-refractivity contribution in [2.24, 2.45) is 4.99 Å². The number of halogens is 2. The maximum atomic E-state index is 6.09. The highest BCUT2D eigenvalue weighted by atomic mass is 35.5. The normalized spacial score (nSPS) is 20.6. The largest absolute Gasteiger partial charge is 0.273 e. The predicted molar refractivity (Wildman–Crippen MR) is 77.1 cm³/mol. The lowest BCUT2D eigenvalue weighted by atomic mass is 10.1. The van der Waals surface area contributed by atoms with Gasteiger partial charge in [-0.3, -0.25) is 4.99 Å². The van der Waals surface area contributed by atoms with Crippen molar-refractivity contribution >= 4 is 48.6 Å². The number of nitrogens with zero attached hydrogens (tertiary/aromatic N) is 1. The van der Waals surface area contributed by atoms with Gasteiger partial charge in [-0.05, 0) is 40.2 Å². The Kier molecular flexibility index (Phi) is 3.22. The van der Waals surface area contributed by atoms with Gasteiger partial charge in [0.15, 0.2) is 0 Å². The quantitative estimate of drug-likeness (QED) is 0.639. The summed E-state index contributed by atoms with van der Waals surface area (Å²) in [7, 11) is 0.557. The van der Waals surface area contributed by atoms with E-state index in [0.717, 1.165) is 15.9 Å². The summed E-state index contributed by atoms with van der Waals surface area (Å²) in [6, 6.07) is 0. The van der Waals surface area contributed by atoms with E-state index in [2.05, 4.69) is 20.4 Å². The lowest BCUT2D eigenvalue weighted by molar-refractivity contribution is 0.657. The number of hydrogen-bond donors (Lipinski definition) is 0. The van der Waals surface area contributed by atoms with Crippen LogP contribution in [-0.2, 0) is 0 Å². The van der Waals surface area contributed by atoms with E-state index in [1.165, 1.54) is 16.7 Å². The third kappa shape index (κ3) is 1.97. The van der Waals surface area contributed by atoms with Crippen LogP contribution in [0.2, 0.25) is 9.36 Å². The van der Waals surface area contributed by atoms with Crippen molar-refractivity contribution in [3.63, 3.8) is 0 Å². The Bertz CT molecular complexity index is 502. The predicted octanol–water partition coefficient (Wildman–Crippen LogP) is 5.09. The van der Waals surface area contributed by atoms with Gasteiger partial charge in [0, 0.05) is 0 Å². The zero-order chi connectivity index (χ0) is 12.1. The molecule has 2 rings (SSSR count). The molecule has 0 bridgehead atoms. The van der Waals surface area contributed by atoms with Crippen molar-refractivity contribution < 1.29 is 0 Å². The van der Waals surface area contributed by atoms with Gasteiger partial charge in [-0.25, -0.2) is 0 Å². The number of thiophene rings is 1. The number of rotatable bonds is 1. The van der Waals surface area contributed by atoms with Crippen LogP contribution in [0.4, 0.5) is 0 Å². The fourth-order valence-corrected chi connectivity index (χ4v) is 4.51. The molecule has 2 heterocycles. The van der Waals surface area contributed by atoms with Gasteiger partial charge in [0.05, 0.1) is 20.9 Å². The van der Waals surface area contributed by atoms with Crippen molar-refractivity contribution in [1.82, 2.24) is 0 Å². The molecule has 0 saturated heterocycles. The van der Waals surface area contributed by atoms with E-state index in [0.29, 0.717) is 17.9 Å². The molecule has 0 spiro atoms. The van der Waals surface area contributed by atoms with Gasteiger partial charge >= 0.3 is 0 Å². The third-order valence-corrected chi connectivity index (χ3v) is 6.53. The van der Waals surface area contributed by atoms with Crippen LogP contribution in [0.15, 0.2) is 16.9 Å². The highest BCUT2D eigenvalue weighted by Gasteiger charge is 2.31. The standard InChI is InChI=1S/C11H12Cl2NPS/c1-5-7(12)9(13)16-8(5)10-14-11(3,4)6(2)15-10/h15H,2H2,1,3-4H3. The lowest BCUT2D eigenvalue weighted by Gasteiger charge is -2.13. The van der Waals surface area contributed by atoms with Crippen LogP contribution in [0.1, 0.15) is 24.3 Å². The SMILES string of the molecule is C=C1PC(c2sc(Cl)c(Cl)c2C)=NC1(C)C. The summed E-state index contributed by atoms with van der Waals surface area (Å²) >= 11 is 13.6. The van der Waals surface area contributed by atoms with Gasteiger partial charge in [0.1, 0.15) is 4.34 Å². The molecule has 0 amide bonds. The zero-order valence-electron chi connectivity index (χ0n) is 9.32. The Morgan fingerprint density at radius 2 is 2.00 bits per heavy atom. The molecule has 1 unspecified atom stereocenters. The molecule has 1 aliphatic rings. The summed E-state index contributed by atoms with van der Waals surface area (Å²) in [4.78, 5) is 5.82. The average Bonchev–Trinajstić information content (AvgIpc) is 2.59. The highest BCUT2D eigenvalue weighted by Crippen LogP contribution is 2.48. The summed E-state index contributed by atoms with van der Waals surface area (Å²) in [5, 5.41) is 1.83. The monoisotopic (exact) mass is 291 g/mol. The average molecular weight is 292 g/mol. The fourth-order valence-electron chi connectivity index (χ4n) is 1.46. The molecular weight excluding hydrogens is 280 g/mol. The van der Waals surface area contributed by atoms with Gasteiger partial charge in [0.2, 0.25) is 0 Å². The summed E-state index contributed by atoms with van der Waals surface area (Å²) in [5.74, 6) is 0. The molecule has 0 aliphatic carbocycles. The van der Waals surface area contributed by atoms with E-state index >= 15 is 0 Å². The Morgan fingerprint density at radius 3 is 2.38 bits per heavy atom. The maximum absolute atomic E-state index is 6.09. The van der Waals surface area contributed by atoms with Crippen molar-refractivity contribution in [2.45, 2.75) is 26.3 Å². The molecule has 1 aliphatic heterocycles. The van der Waals surface area contributed by atoms with E-state index in [1.807, 2.05) is 6.92 Å². The molecule has 1 aromatic rings. The second-order valence-electron chi connectivity index (χ2n) is 4.27. The molecule has 1 nitrogen and oxygen atoms in total. The van der Waals surface area contributed by atoms with E-state index in [1.54, 1.807) is 0 Å². The van der Waals surface area contributed by atoms with E-state index in [-0.39, 0.29) is 5.54 Å². The second-order valence-corrected chi connectivity index (χ2v) is 7.59. The van der Waals surface area contributed by atoms with Crippen LogP contribution in [0.25, 0.3) is 0 Å². The van der Waals surface area contributed by atoms with E-state index in [4.69, 9.17) is 28.2 Å². The molecule has 16 heavy (non-hydrogen) atoms. The molecule has 0 saturated carbocycles. The Labute approximate surface area is 111 Å². The summed E-state index contributed by atoms with van der Waals surface area (Å²) in [5.41, 5.74) is 1.98. The summed E-state index contributed by atoms with van der Waals surface area (Å²) in [6.07, 6.45) is 0. The van der Waals surface area contributed by atoms with Crippen LogP contribution >= 0.6 is 43.1 Å². The van der Waals surface area contributed by atoms with Crippen LogP contribution in [0.5, 0.6) is 0 Å². The molecule has 86 valence electrons. The van der Waals surface area contributed by atoms with Gasteiger partial charge in [-0.1, -0.05) is 29.8 Å².